The molecule has 11 nitrogen and oxygen atoms in total. The normalized spacial score (nSPS) is 12.0. The van der Waals surface area contributed by atoms with Gasteiger partial charge in [0.1, 0.15) is 11.5 Å². The summed E-state index contributed by atoms with van der Waals surface area (Å²) in [6, 6.07) is 5.74. The predicted octanol–water partition coefficient (Wildman–Crippen LogP) is -0.144. The van der Waals surface area contributed by atoms with Gasteiger partial charge in [0.05, 0.1) is 35.5 Å². The van der Waals surface area contributed by atoms with Crippen LogP contribution in [0, 0.1) is 0 Å². The van der Waals surface area contributed by atoms with Crippen LogP contribution in [0.25, 0.3) is 0 Å². The molecule has 8 N–H and O–H groups in total. The fraction of sp³-hybridized carbons (Fsp3) is 0.417. The first-order valence-corrected chi connectivity index (χ1v) is 13.4. The largest absolute Gasteiger partial charge is 0.507 e. The van der Waals surface area contributed by atoms with E-state index in [1.807, 2.05) is 0 Å². The molecule has 3 rings (SSSR count). The van der Waals surface area contributed by atoms with Gasteiger partial charge in [0.15, 0.2) is 0 Å². The number of benzene rings is 2. The lowest BCUT2D eigenvalue weighted by molar-refractivity contribution is 0.0975. The Kier molecular flexibility index (Phi) is 11.8. The lowest BCUT2D eigenvalue weighted by Gasteiger charge is -2.25. The van der Waals surface area contributed by atoms with Crippen LogP contribution < -0.4 is 21.3 Å². The van der Waals surface area contributed by atoms with E-state index in [9.17, 15) is 24.0 Å². The van der Waals surface area contributed by atoms with Crippen molar-refractivity contribution < 1.29 is 34.2 Å². The smallest absolute Gasteiger partial charge is 0.200 e. The molecule has 2 aromatic rings. The van der Waals surface area contributed by atoms with Crippen molar-refractivity contribution in [3.63, 3.8) is 0 Å². The van der Waals surface area contributed by atoms with Gasteiger partial charge in [-0.05, 0) is 24.3 Å². The van der Waals surface area contributed by atoms with Crippen molar-refractivity contribution in [2.45, 2.75) is 0 Å². The monoisotopic (exact) mass is 522 g/mol. The van der Waals surface area contributed by atoms with Crippen molar-refractivity contribution in [3.8, 4) is 11.5 Å². The molecule has 0 radical (unpaired) electrons. The second-order valence-electron chi connectivity index (χ2n) is 7.97. The van der Waals surface area contributed by atoms with Crippen LogP contribution in [0.3, 0.4) is 0 Å². The van der Waals surface area contributed by atoms with E-state index in [0.717, 1.165) is 0 Å². The highest BCUT2D eigenvalue weighted by Gasteiger charge is 2.37. The summed E-state index contributed by atoms with van der Waals surface area (Å²) in [5.74, 6) is -1.86. The lowest BCUT2D eigenvalue weighted by atomic mass is 9.81. The average molecular weight is 523 g/mol. The molecule has 12 heteroatoms. The number of aliphatic hydroxyl groups is 2. The third-order valence-electron chi connectivity index (χ3n) is 5.09. The molecule has 0 fully saturated rings. The van der Waals surface area contributed by atoms with E-state index in [1.165, 1.54) is 12.1 Å². The number of rotatable bonds is 12. The number of ketones is 2. The Morgan fingerprint density at radius 3 is 1.33 bits per heavy atom. The number of carbonyl (C=O) groups excluding carboxylic acids is 2. The van der Waals surface area contributed by atoms with Crippen LogP contribution in [-0.2, 0) is 10.8 Å². The van der Waals surface area contributed by atoms with Crippen LogP contribution in [0.2, 0.25) is 0 Å². The summed E-state index contributed by atoms with van der Waals surface area (Å²) in [5, 5.41) is 50.6. The van der Waals surface area contributed by atoms with Crippen molar-refractivity contribution in [1.82, 2.24) is 10.6 Å². The highest BCUT2D eigenvalue weighted by molar-refractivity contribution is 7.83. The first kappa shape index (κ1) is 29.2. The van der Waals surface area contributed by atoms with Crippen LogP contribution in [0.1, 0.15) is 31.8 Å². The summed E-state index contributed by atoms with van der Waals surface area (Å²) in [7, 11) is -0.611. The molecule has 0 saturated carbocycles. The summed E-state index contributed by atoms with van der Waals surface area (Å²) in [4.78, 5) is 26.7. The molecule has 0 heterocycles. The molecule has 0 aliphatic heterocycles. The lowest BCUT2D eigenvalue weighted by Crippen LogP contribution is -2.28. The maximum absolute atomic E-state index is 13.4. The molecule has 0 saturated heterocycles. The summed E-state index contributed by atoms with van der Waals surface area (Å²) >= 11 is 0. The number of fused-ring (bicyclic) bond motifs is 2. The van der Waals surface area contributed by atoms with Gasteiger partial charge in [-0.1, -0.05) is 0 Å². The molecule has 0 unspecified atom stereocenters. The number of aliphatic hydroxyl groups excluding tert-OH is 2. The van der Waals surface area contributed by atoms with Crippen molar-refractivity contribution in [3.05, 3.63) is 46.5 Å². The number of phenolic OH excluding ortho intramolecular Hbond substituents is 2. The Morgan fingerprint density at radius 1 is 0.639 bits per heavy atom. The quantitative estimate of drug-likeness (QED) is 0.117. The minimum atomic E-state index is -0.611. The van der Waals surface area contributed by atoms with E-state index in [1.54, 1.807) is 24.6 Å². The first-order chi connectivity index (χ1) is 17.2. The minimum absolute atomic E-state index is 0.00939. The standard InChI is InChI=1S/C22H28N4O6.C2H6OS/c27-11-9-23-5-7-25-13-1-2-14(26-8-6-24-10-12-28)18-17(13)21(31)19-15(29)3-4-16(30)20(19)22(18)32;1-4(2)3/h1-4,23-30H,5-12H2;1-2H3. The van der Waals surface area contributed by atoms with Gasteiger partial charge in [0.25, 0.3) is 0 Å². The number of phenols is 2. The highest BCUT2D eigenvalue weighted by atomic mass is 32.2. The van der Waals surface area contributed by atoms with Gasteiger partial charge in [-0.3, -0.25) is 13.8 Å². The molecule has 0 atom stereocenters. The molecule has 0 spiro atoms. The number of hydrogen-bond donors (Lipinski definition) is 8. The zero-order valence-corrected chi connectivity index (χ0v) is 21.2. The number of carbonyl (C=O) groups is 2. The minimum Gasteiger partial charge on any atom is -0.507 e. The van der Waals surface area contributed by atoms with E-state index in [-0.39, 0.29) is 47.0 Å². The van der Waals surface area contributed by atoms with Crippen molar-refractivity contribution in [1.29, 1.82) is 0 Å². The molecule has 1 aliphatic carbocycles. The van der Waals surface area contributed by atoms with E-state index in [4.69, 9.17) is 10.2 Å². The van der Waals surface area contributed by atoms with Crippen LogP contribution >= 0.6 is 0 Å². The number of hydrogen-bond acceptors (Lipinski definition) is 11. The van der Waals surface area contributed by atoms with Crippen LogP contribution in [0.5, 0.6) is 11.5 Å². The van der Waals surface area contributed by atoms with Crippen LogP contribution in [0.4, 0.5) is 11.4 Å². The molecule has 1 aliphatic rings. The van der Waals surface area contributed by atoms with Gasteiger partial charge in [-0.15, -0.1) is 0 Å². The second-order valence-corrected chi connectivity index (χ2v) is 9.45. The predicted molar refractivity (Wildman–Crippen MR) is 140 cm³/mol. The summed E-state index contributed by atoms with van der Waals surface area (Å²) < 4.78 is 9.56. The van der Waals surface area contributed by atoms with Gasteiger partial charge in [-0.25, -0.2) is 0 Å². The number of anilines is 2. The van der Waals surface area contributed by atoms with E-state index >= 15 is 0 Å². The molecule has 0 amide bonds. The van der Waals surface area contributed by atoms with Gasteiger partial charge in [0, 0.05) is 74.0 Å². The van der Waals surface area contributed by atoms with E-state index < -0.39 is 22.4 Å². The molecule has 36 heavy (non-hydrogen) atoms. The Morgan fingerprint density at radius 2 is 1.00 bits per heavy atom. The molecule has 0 aromatic heterocycles. The van der Waals surface area contributed by atoms with Gasteiger partial charge in [0.2, 0.25) is 11.6 Å². The number of nitrogens with one attached hydrogen (secondary N) is 4. The zero-order chi connectivity index (χ0) is 26.7. The van der Waals surface area contributed by atoms with Crippen LogP contribution in [0.15, 0.2) is 24.3 Å². The average Bonchev–Trinajstić information content (AvgIpc) is 2.83. The number of aromatic hydroxyl groups is 2. The second kappa shape index (κ2) is 14.5. The fourth-order valence-corrected chi connectivity index (χ4v) is 3.64. The summed E-state index contributed by atoms with van der Waals surface area (Å²) in [6.07, 6.45) is 3.28. The van der Waals surface area contributed by atoms with Crippen LogP contribution in [-0.4, -0.2) is 101 Å². The maximum Gasteiger partial charge on any atom is 0.200 e. The maximum atomic E-state index is 13.4. The Balaban J connectivity index is 0.00000106. The Hall–Kier alpha value is -3.03. The van der Waals surface area contributed by atoms with Gasteiger partial charge < -0.3 is 41.7 Å². The van der Waals surface area contributed by atoms with Gasteiger partial charge in [-0.2, -0.15) is 0 Å². The third kappa shape index (κ3) is 7.48. The Labute approximate surface area is 212 Å². The highest BCUT2D eigenvalue weighted by Crippen LogP contribution is 2.42. The van der Waals surface area contributed by atoms with Crippen molar-refractivity contribution >= 4 is 33.7 Å². The van der Waals surface area contributed by atoms with Crippen molar-refractivity contribution in [2.75, 3.05) is 75.6 Å². The topological polar surface area (TPSA) is 180 Å². The summed E-state index contributed by atoms with van der Waals surface area (Å²) in [5.41, 5.74) is 0.678. The Bertz CT molecular complexity index is 1010. The third-order valence-corrected chi connectivity index (χ3v) is 5.09. The molecule has 198 valence electrons. The zero-order valence-electron chi connectivity index (χ0n) is 20.4. The van der Waals surface area contributed by atoms with Gasteiger partial charge >= 0.3 is 0 Å². The molecular weight excluding hydrogens is 488 g/mol. The molecule has 2 aromatic carbocycles. The summed E-state index contributed by atoms with van der Waals surface area (Å²) in [6.45, 7) is 2.81. The molecule has 0 bridgehead atoms. The van der Waals surface area contributed by atoms with E-state index in [2.05, 4.69) is 21.3 Å². The SMILES string of the molecule is CS(C)=O.O=C1c2c(O)ccc(O)c2C(=O)c2c(NCCNCCO)ccc(NCCNCCO)c21. The van der Waals surface area contributed by atoms with E-state index in [0.29, 0.717) is 50.6 Å². The molecular formula is C24H34N4O7S. The van der Waals surface area contributed by atoms with Crippen molar-refractivity contribution in [2.24, 2.45) is 0 Å². The first-order valence-electron chi connectivity index (χ1n) is 11.4. The fourth-order valence-electron chi connectivity index (χ4n) is 3.64.